The second-order valence-corrected chi connectivity index (χ2v) is 5.09. The van der Waals surface area contributed by atoms with Gasteiger partial charge in [-0.1, -0.05) is 0 Å². The molecule has 1 saturated heterocycles. The van der Waals surface area contributed by atoms with Gasteiger partial charge in [-0.2, -0.15) is 5.10 Å². The molecule has 1 heterocycles. The smallest absolute Gasteiger partial charge is 0.245 e. The maximum Gasteiger partial charge on any atom is 0.245 e. The van der Waals surface area contributed by atoms with E-state index in [0.29, 0.717) is 24.5 Å². The van der Waals surface area contributed by atoms with Gasteiger partial charge in [0, 0.05) is 0 Å². The van der Waals surface area contributed by atoms with E-state index in [1.54, 1.807) is 19.1 Å². The van der Waals surface area contributed by atoms with Crippen molar-refractivity contribution >= 4 is 12.1 Å². The Morgan fingerprint density at radius 3 is 2.91 bits per heavy atom. The second-order valence-electron chi connectivity index (χ2n) is 5.09. The van der Waals surface area contributed by atoms with Crippen molar-refractivity contribution in [2.45, 2.75) is 25.6 Å². The minimum Gasteiger partial charge on any atom is -0.504 e. The molecule has 1 aliphatic rings. The SMILES string of the molecule is COc1cc(/C=N\NC(=O)CC2(C)OCCCO2)ccc1O. The molecule has 2 rings (SSSR count). The van der Waals surface area contributed by atoms with Gasteiger partial charge < -0.3 is 19.3 Å². The highest BCUT2D eigenvalue weighted by atomic mass is 16.7. The van der Waals surface area contributed by atoms with Gasteiger partial charge in [0.25, 0.3) is 0 Å². The molecule has 0 aromatic heterocycles. The third kappa shape index (κ3) is 4.44. The number of carbonyl (C=O) groups excluding carboxylic acids is 1. The summed E-state index contributed by atoms with van der Waals surface area (Å²) in [5, 5.41) is 13.4. The van der Waals surface area contributed by atoms with Crippen LogP contribution in [0.3, 0.4) is 0 Å². The van der Waals surface area contributed by atoms with Crippen molar-refractivity contribution in [1.29, 1.82) is 0 Å². The number of nitrogens with zero attached hydrogens (tertiary/aromatic N) is 1. The average molecular weight is 308 g/mol. The van der Waals surface area contributed by atoms with Crippen LogP contribution in [0, 0.1) is 0 Å². The Balaban J connectivity index is 1.87. The molecule has 1 amide bonds. The van der Waals surface area contributed by atoms with Gasteiger partial charge in [0.1, 0.15) is 0 Å². The predicted molar refractivity (Wildman–Crippen MR) is 79.9 cm³/mol. The number of methoxy groups -OCH3 is 1. The molecular formula is C15H20N2O5. The number of benzene rings is 1. The van der Waals surface area contributed by atoms with E-state index < -0.39 is 5.79 Å². The zero-order valence-corrected chi connectivity index (χ0v) is 12.7. The van der Waals surface area contributed by atoms with E-state index in [9.17, 15) is 9.90 Å². The normalized spacial score (nSPS) is 17.4. The number of aromatic hydroxyl groups is 1. The Kier molecular flexibility index (Phi) is 5.35. The van der Waals surface area contributed by atoms with Crippen LogP contribution in [0.1, 0.15) is 25.3 Å². The maximum atomic E-state index is 11.8. The number of amides is 1. The maximum absolute atomic E-state index is 11.8. The van der Waals surface area contributed by atoms with Gasteiger partial charge in [-0.05, 0) is 37.1 Å². The summed E-state index contributed by atoms with van der Waals surface area (Å²) in [4.78, 5) is 11.8. The van der Waals surface area contributed by atoms with Crippen LogP contribution in [-0.4, -0.2) is 43.3 Å². The average Bonchev–Trinajstić information content (AvgIpc) is 2.49. The van der Waals surface area contributed by atoms with Crippen molar-refractivity contribution in [3.05, 3.63) is 23.8 Å². The minimum atomic E-state index is -0.889. The van der Waals surface area contributed by atoms with Crippen LogP contribution in [-0.2, 0) is 14.3 Å². The van der Waals surface area contributed by atoms with Crippen molar-refractivity contribution < 1.29 is 24.1 Å². The summed E-state index contributed by atoms with van der Waals surface area (Å²) >= 11 is 0. The van der Waals surface area contributed by atoms with Crippen LogP contribution in [0.2, 0.25) is 0 Å². The largest absolute Gasteiger partial charge is 0.504 e. The van der Waals surface area contributed by atoms with Gasteiger partial charge in [0.15, 0.2) is 17.3 Å². The van der Waals surface area contributed by atoms with Crippen LogP contribution in [0.25, 0.3) is 0 Å². The summed E-state index contributed by atoms with van der Waals surface area (Å²) in [6.45, 7) is 2.90. The van der Waals surface area contributed by atoms with Gasteiger partial charge in [0.05, 0.1) is 33.0 Å². The summed E-state index contributed by atoms with van der Waals surface area (Å²) in [6.07, 6.45) is 2.37. The Hall–Kier alpha value is -2.12. The number of ether oxygens (including phenoxy) is 3. The first-order valence-corrected chi connectivity index (χ1v) is 6.99. The lowest BCUT2D eigenvalue weighted by atomic mass is 10.2. The molecule has 120 valence electrons. The number of phenolic OH excluding ortho intramolecular Hbond substituents is 1. The first-order chi connectivity index (χ1) is 10.5. The summed E-state index contributed by atoms with van der Waals surface area (Å²) in [5.41, 5.74) is 3.11. The van der Waals surface area contributed by atoms with E-state index in [0.717, 1.165) is 6.42 Å². The number of hydrogen-bond acceptors (Lipinski definition) is 6. The molecule has 7 heteroatoms. The first-order valence-electron chi connectivity index (χ1n) is 6.99. The Morgan fingerprint density at radius 2 is 2.23 bits per heavy atom. The highest BCUT2D eigenvalue weighted by molar-refractivity contribution is 5.83. The standard InChI is InChI=1S/C15H20N2O5/c1-15(21-6-3-7-22-15)9-14(19)17-16-10-11-4-5-12(18)13(8-11)20-2/h4-5,8,10,18H,3,6-7,9H2,1-2H3,(H,17,19)/b16-10-. The zero-order chi connectivity index (χ0) is 16.0. The topological polar surface area (TPSA) is 89.4 Å². The number of hydrazone groups is 1. The fourth-order valence-corrected chi connectivity index (χ4v) is 2.06. The summed E-state index contributed by atoms with van der Waals surface area (Å²) in [7, 11) is 1.46. The Labute approximate surface area is 128 Å². The van der Waals surface area contributed by atoms with E-state index in [4.69, 9.17) is 14.2 Å². The number of nitrogens with one attached hydrogen (secondary N) is 1. The van der Waals surface area contributed by atoms with Gasteiger partial charge in [-0.15, -0.1) is 0 Å². The zero-order valence-electron chi connectivity index (χ0n) is 12.7. The van der Waals surface area contributed by atoms with E-state index >= 15 is 0 Å². The van der Waals surface area contributed by atoms with Crippen molar-refractivity contribution in [3.63, 3.8) is 0 Å². The fraction of sp³-hybridized carbons (Fsp3) is 0.467. The van der Waals surface area contributed by atoms with Crippen molar-refractivity contribution in [2.75, 3.05) is 20.3 Å². The minimum absolute atomic E-state index is 0.0446. The highest BCUT2D eigenvalue weighted by Gasteiger charge is 2.31. The molecule has 1 aromatic carbocycles. The molecule has 1 aliphatic heterocycles. The Bertz CT molecular complexity index is 553. The van der Waals surface area contributed by atoms with Crippen LogP contribution in [0.15, 0.2) is 23.3 Å². The lowest BCUT2D eigenvalue weighted by molar-refractivity contribution is -0.256. The second kappa shape index (κ2) is 7.24. The molecule has 2 N–H and O–H groups in total. The molecule has 0 aliphatic carbocycles. The third-order valence-electron chi connectivity index (χ3n) is 3.19. The first kappa shape index (κ1) is 16.3. The van der Waals surface area contributed by atoms with Crippen molar-refractivity contribution in [1.82, 2.24) is 5.43 Å². The van der Waals surface area contributed by atoms with E-state index in [1.807, 2.05) is 0 Å². The molecule has 0 bridgehead atoms. The lowest BCUT2D eigenvalue weighted by Crippen LogP contribution is -2.41. The highest BCUT2D eigenvalue weighted by Crippen LogP contribution is 2.25. The summed E-state index contributed by atoms with van der Waals surface area (Å²) in [5.74, 6) is -0.805. The van der Waals surface area contributed by atoms with Crippen LogP contribution < -0.4 is 10.2 Å². The van der Waals surface area contributed by atoms with Gasteiger partial charge >= 0.3 is 0 Å². The van der Waals surface area contributed by atoms with E-state index in [2.05, 4.69) is 10.5 Å². The number of carbonyl (C=O) groups is 1. The number of rotatable bonds is 5. The lowest BCUT2D eigenvalue weighted by Gasteiger charge is -2.33. The summed E-state index contributed by atoms with van der Waals surface area (Å²) < 4.78 is 15.9. The molecule has 0 atom stereocenters. The van der Waals surface area contributed by atoms with Crippen molar-refractivity contribution in [2.24, 2.45) is 5.10 Å². The van der Waals surface area contributed by atoms with Crippen LogP contribution >= 0.6 is 0 Å². The molecule has 0 unspecified atom stereocenters. The molecule has 0 spiro atoms. The molecule has 22 heavy (non-hydrogen) atoms. The monoisotopic (exact) mass is 308 g/mol. The van der Waals surface area contributed by atoms with E-state index in [1.165, 1.54) is 19.4 Å². The molecule has 1 fully saturated rings. The van der Waals surface area contributed by atoms with Crippen LogP contribution in [0.5, 0.6) is 11.5 Å². The van der Waals surface area contributed by atoms with Crippen LogP contribution in [0.4, 0.5) is 0 Å². The van der Waals surface area contributed by atoms with E-state index in [-0.39, 0.29) is 18.1 Å². The number of hydrogen-bond donors (Lipinski definition) is 2. The fourth-order valence-electron chi connectivity index (χ4n) is 2.06. The third-order valence-corrected chi connectivity index (χ3v) is 3.19. The Morgan fingerprint density at radius 1 is 1.50 bits per heavy atom. The van der Waals surface area contributed by atoms with Gasteiger partial charge in [-0.25, -0.2) is 5.43 Å². The molecule has 7 nitrogen and oxygen atoms in total. The van der Waals surface area contributed by atoms with Gasteiger partial charge in [0.2, 0.25) is 5.91 Å². The molecule has 0 saturated carbocycles. The predicted octanol–water partition coefficient (Wildman–Crippen LogP) is 1.39. The van der Waals surface area contributed by atoms with Gasteiger partial charge in [-0.3, -0.25) is 4.79 Å². The quantitative estimate of drug-likeness (QED) is 0.634. The number of phenols is 1. The molecule has 1 aromatic rings. The molecular weight excluding hydrogens is 288 g/mol. The molecule has 0 radical (unpaired) electrons. The van der Waals surface area contributed by atoms with Crippen molar-refractivity contribution in [3.8, 4) is 11.5 Å². The summed E-state index contributed by atoms with van der Waals surface area (Å²) in [6, 6.07) is 4.76.